The number of hydrogen-bond donors (Lipinski definition) is 2. The van der Waals surface area contributed by atoms with Gasteiger partial charge in [0.1, 0.15) is 18.2 Å². The SMILES string of the molecule is Cc1cc(C(=N)N)ccc1OCCN(C)C. The van der Waals surface area contributed by atoms with Gasteiger partial charge >= 0.3 is 0 Å². The van der Waals surface area contributed by atoms with E-state index < -0.39 is 0 Å². The van der Waals surface area contributed by atoms with Crippen molar-refractivity contribution in [2.24, 2.45) is 5.73 Å². The van der Waals surface area contributed by atoms with Crippen molar-refractivity contribution in [2.45, 2.75) is 6.92 Å². The summed E-state index contributed by atoms with van der Waals surface area (Å²) < 4.78 is 5.63. The molecule has 0 aliphatic heterocycles. The number of rotatable bonds is 5. The van der Waals surface area contributed by atoms with Gasteiger partial charge in [0.15, 0.2) is 0 Å². The van der Waals surface area contributed by atoms with Gasteiger partial charge in [-0.25, -0.2) is 0 Å². The maximum atomic E-state index is 7.33. The van der Waals surface area contributed by atoms with E-state index in [0.717, 1.165) is 23.4 Å². The number of hydrogen-bond acceptors (Lipinski definition) is 3. The van der Waals surface area contributed by atoms with Crippen LogP contribution in [0, 0.1) is 12.3 Å². The topological polar surface area (TPSA) is 62.3 Å². The van der Waals surface area contributed by atoms with Crippen LogP contribution in [-0.4, -0.2) is 38.0 Å². The Balaban J connectivity index is 2.64. The molecule has 0 unspecified atom stereocenters. The molecule has 0 heterocycles. The summed E-state index contributed by atoms with van der Waals surface area (Å²) >= 11 is 0. The van der Waals surface area contributed by atoms with E-state index in [0.29, 0.717) is 6.61 Å². The van der Waals surface area contributed by atoms with E-state index in [-0.39, 0.29) is 5.84 Å². The lowest BCUT2D eigenvalue weighted by Crippen LogP contribution is -2.19. The van der Waals surface area contributed by atoms with Crippen LogP contribution in [0.15, 0.2) is 18.2 Å². The number of nitrogens with one attached hydrogen (secondary N) is 1. The first-order chi connectivity index (χ1) is 7.50. The Labute approximate surface area is 96.5 Å². The third kappa shape index (κ3) is 3.55. The van der Waals surface area contributed by atoms with E-state index in [1.165, 1.54) is 0 Å². The summed E-state index contributed by atoms with van der Waals surface area (Å²) in [6, 6.07) is 5.54. The summed E-state index contributed by atoms with van der Waals surface area (Å²) in [7, 11) is 4.02. The van der Waals surface area contributed by atoms with Crippen molar-refractivity contribution >= 4 is 5.84 Å². The number of amidine groups is 1. The number of benzene rings is 1. The minimum absolute atomic E-state index is 0.0861. The molecule has 0 aliphatic carbocycles. The van der Waals surface area contributed by atoms with Gasteiger partial charge < -0.3 is 15.4 Å². The molecular formula is C12H19N3O. The fourth-order valence-corrected chi connectivity index (χ4v) is 1.32. The predicted molar refractivity (Wildman–Crippen MR) is 66.2 cm³/mol. The van der Waals surface area contributed by atoms with Crippen molar-refractivity contribution in [3.63, 3.8) is 0 Å². The average molecular weight is 221 g/mol. The molecule has 0 amide bonds. The van der Waals surface area contributed by atoms with Crippen molar-refractivity contribution in [1.29, 1.82) is 5.41 Å². The zero-order valence-corrected chi connectivity index (χ0v) is 10.1. The second-order valence-electron chi connectivity index (χ2n) is 4.05. The Bertz CT molecular complexity index is 375. The molecule has 0 bridgehead atoms. The normalized spacial score (nSPS) is 10.5. The van der Waals surface area contributed by atoms with Crippen molar-refractivity contribution in [2.75, 3.05) is 27.2 Å². The first kappa shape index (κ1) is 12.5. The molecule has 1 rings (SSSR count). The fraction of sp³-hybridized carbons (Fsp3) is 0.417. The molecule has 4 nitrogen and oxygen atoms in total. The standard InChI is InChI=1S/C12H19N3O/c1-9-8-10(12(13)14)4-5-11(9)16-7-6-15(2)3/h4-5,8H,6-7H2,1-3H3,(H3,13,14). The number of likely N-dealkylation sites (N-methyl/N-ethyl adjacent to an activating group) is 1. The minimum Gasteiger partial charge on any atom is -0.492 e. The van der Waals surface area contributed by atoms with Crippen LogP contribution >= 0.6 is 0 Å². The molecule has 88 valence electrons. The predicted octanol–water partition coefficient (Wildman–Crippen LogP) is 1.22. The van der Waals surface area contributed by atoms with Gasteiger partial charge in [-0.15, -0.1) is 0 Å². The third-order valence-corrected chi connectivity index (χ3v) is 2.28. The monoisotopic (exact) mass is 221 g/mol. The highest BCUT2D eigenvalue weighted by Crippen LogP contribution is 2.18. The summed E-state index contributed by atoms with van der Waals surface area (Å²) in [5, 5.41) is 7.33. The zero-order chi connectivity index (χ0) is 12.1. The van der Waals surface area contributed by atoms with Gasteiger partial charge in [0.05, 0.1) is 0 Å². The van der Waals surface area contributed by atoms with E-state index >= 15 is 0 Å². The molecule has 0 aliphatic rings. The maximum absolute atomic E-state index is 7.33. The van der Waals surface area contributed by atoms with Crippen LogP contribution in [-0.2, 0) is 0 Å². The smallest absolute Gasteiger partial charge is 0.122 e. The van der Waals surface area contributed by atoms with Crippen LogP contribution in [0.2, 0.25) is 0 Å². The van der Waals surface area contributed by atoms with Crippen LogP contribution in [0.25, 0.3) is 0 Å². The van der Waals surface area contributed by atoms with Crippen molar-refractivity contribution in [3.8, 4) is 5.75 Å². The van der Waals surface area contributed by atoms with Gasteiger partial charge in [-0.05, 0) is 44.8 Å². The molecule has 1 aromatic rings. The van der Waals surface area contributed by atoms with Gasteiger partial charge in [-0.3, -0.25) is 5.41 Å². The van der Waals surface area contributed by atoms with Crippen LogP contribution in [0.5, 0.6) is 5.75 Å². The van der Waals surface area contributed by atoms with E-state index in [1.807, 2.05) is 33.2 Å². The first-order valence-corrected chi connectivity index (χ1v) is 5.23. The Kier molecular flexibility index (Phi) is 4.31. The lowest BCUT2D eigenvalue weighted by Gasteiger charge is -2.13. The molecule has 0 fully saturated rings. The number of ether oxygens (including phenoxy) is 1. The Morgan fingerprint density at radius 1 is 1.44 bits per heavy atom. The summed E-state index contributed by atoms with van der Waals surface area (Å²) in [5.41, 5.74) is 7.15. The second kappa shape index (κ2) is 5.51. The lowest BCUT2D eigenvalue weighted by atomic mass is 10.1. The maximum Gasteiger partial charge on any atom is 0.122 e. The third-order valence-electron chi connectivity index (χ3n) is 2.28. The summed E-state index contributed by atoms with van der Waals surface area (Å²) in [4.78, 5) is 2.07. The Morgan fingerprint density at radius 2 is 2.12 bits per heavy atom. The number of aryl methyl sites for hydroxylation is 1. The molecule has 0 saturated heterocycles. The van der Waals surface area contributed by atoms with Crippen LogP contribution in [0.1, 0.15) is 11.1 Å². The molecule has 3 N–H and O–H groups in total. The summed E-state index contributed by atoms with van der Waals surface area (Å²) in [6.07, 6.45) is 0. The van der Waals surface area contributed by atoms with Gasteiger partial charge in [0, 0.05) is 12.1 Å². The van der Waals surface area contributed by atoms with Gasteiger partial charge in [-0.2, -0.15) is 0 Å². The van der Waals surface area contributed by atoms with Crippen LogP contribution < -0.4 is 10.5 Å². The Hall–Kier alpha value is -1.55. The largest absolute Gasteiger partial charge is 0.492 e. The molecule has 16 heavy (non-hydrogen) atoms. The van der Waals surface area contributed by atoms with Gasteiger partial charge in [-0.1, -0.05) is 0 Å². The molecule has 0 aromatic heterocycles. The minimum atomic E-state index is 0.0861. The van der Waals surface area contributed by atoms with Crippen LogP contribution in [0.4, 0.5) is 0 Å². The number of nitrogen functional groups attached to an aromatic ring is 1. The van der Waals surface area contributed by atoms with Crippen molar-refractivity contribution in [1.82, 2.24) is 4.90 Å². The molecule has 1 aromatic carbocycles. The van der Waals surface area contributed by atoms with Crippen LogP contribution in [0.3, 0.4) is 0 Å². The average Bonchev–Trinajstić information content (AvgIpc) is 2.19. The molecular weight excluding hydrogens is 202 g/mol. The van der Waals surface area contributed by atoms with Crippen molar-refractivity contribution < 1.29 is 4.74 Å². The lowest BCUT2D eigenvalue weighted by molar-refractivity contribution is 0.260. The highest BCUT2D eigenvalue weighted by atomic mass is 16.5. The zero-order valence-electron chi connectivity index (χ0n) is 10.1. The Morgan fingerprint density at radius 3 is 2.62 bits per heavy atom. The summed E-state index contributed by atoms with van der Waals surface area (Å²) in [5.74, 6) is 0.940. The second-order valence-corrected chi connectivity index (χ2v) is 4.05. The molecule has 0 radical (unpaired) electrons. The molecule has 0 saturated carbocycles. The number of nitrogens with zero attached hydrogens (tertiary/aromatic N) is 1. The highest BCUT2D eigenvalue weighted by Gasteiger charge is 2.03. The summed E-state index contributed by atoms with van der Waals surface area (Å²) in [6.45, 7) is 3.50. The molecule has 4 heteroatoms. The quantitative estimate of drug-likeness (QED) is 0.580. The molecule has 0 spiro atoms. The highest BCUT2D eigenvalue weighted by molar-refractivity contribution is 5.95. The van der Waals surface area contributed by atoms with E-state index in [1.54, 1.807) is 6.07 Å². The first-order valence-electron chi connectivity index (χ1n) is 5.23. The van der Waals surface area contributed by atoms with E-state index in [2.05, 4.69) is 4.90 Å². The molecule has 0 atom stereocenters. The van der Waals surface area contributed by atoms with E-state index in [9.17, 15) is 0 Å². The van der Waals surface area contributed by atoms with Gasteiger partial charge in [0.25, 0.3) is 0 Å². The fourth-order valence-electron chi connectivity index (χ4n) is 1.32. The number of nitrogens with two attached hydrogens (primary N) is 1. The van der Waals surface area contributed by atoms with Crippen molar-refractivity contribution in [3.05, 3.63) is 29.3 Å². The van der Waals surface area contributed by atoms with E-state index in [4.69, 9.17) is 15.9 Å². The van der Waals surface area contributed by atoms with Gasteiger partial charge in [0.2, 0.25) is 0 Å².